The summed E-state index contributed by atoms with van der Waals surface area (Å²) in [6.07, 6.45) is 3.44. The number of anilines is 1. The number of nitrogens with one attached hydrogen (secondary N) is 1. The first-order valence-corrected chi connectivity index (χ1v) is 18.3. The second-order valence-electron chi connectivity index (χ2n) is 12.9. The van der Waals surface area contributed by atoms with Crippen LogP contribution in [-0.4, -0.2) is 111 Å². The van der Waals surface area contributed by atoms with Gasteiger partial charge in [0.2, 0.25) is 5.88 Å². The Morgan fingerprint density at radius 3 is 2.45 bits per heavy atom. The molecule has 0 spiro atoms. The lowest BCUT2D eigenvalue weighted by Crippen LogP contribution is -2.67. The number of amides is 3. The number of morpholine rings is 1. The number of hydrogen-bond donors (Lipinski definition) is 1. The lowest BCUT2D eigenvalue weighted by Gasteiger charge is -2.49. The standard InChI is InChI=1S/C35H37F2N7O6S/c1-2-50-32-27(4-3-11-39-32)35(40-34(46)43-21-26(22-43)41-12-9-25(10-13-41)42-14-16-49-17-15-42)28-18-23(20-38)5-7-30(28)44(33(35)45)51(47,48)31-8-6-24(36)19-29(31)37/h3-8,11,18-19,25-26H,2,9-10,12-17,21-22H2,1H3,(H,40,46). The molecule has 2 aromatic carbocycles. The third-order valence-corrected chi connectivity index (χ3v) is 11.9. The number of sulfonamides is 1. The molecule has 3 fully saturated rings. The molecule has 1 unspecified atom stereocenters. The van der Waals surface area contributed by atoms with E-state index in [4.69, 9.17) is 9.47 Å². The van der Waals surface area contributed by atoms with Crippen molar-refractivity contribution in [3.8, 4) is 11.9 Å². The van der Waals surface area contributed by atoms with E-state index in [1.807, 2.05) is 6.07 Å². The fourth-order valence-corrected chi connectivity index (χ4v) is 9.02. The monoisotopic (exact) mass is 721 g/mol. The van der Waals surface area contributed by atoms with Crippen LogP contribution >= 0.6 is 0 Å². The summed E-state index contributed by atoms with van der Waals surface area (Å²) >= 11 is 0. The Bertz CT molecular complexity index is 1990. The summed E-state index contributed by atoms with van der Waals surface area (Å²) in [6.45, 7) is 7.68. The molecule has 0 bridgehead atoms. The number of ether oxygens (including phenoxy) is 2. The Morgan fingerprint density at radius 1 is 1.04 bits per heavy atom. The van der Waals surface area contributed by atoms with Crippen LogP contribution in [0, 0.1) is 23.0 Å². The Morgan fingerprint density at radius 2 is 1.76 bits per heavy atom. The Balaban J connectivity index is 1.22. The van der Waals surface area contributed by atoms with Crippen molar-refractivity contribution >= 4 is 27.6 Å². The summed E-state index contributed by atoms with van der Waals surface area (Å²) in [6, 6.07) is 10.7. The number of benzene rings is 2. The number of aromatic nitrogens is 1. The molecule has 1 atom stereocenters. The van der Waals surface area contributed by atoms with Gasteiger partial charge in [0.05, 0.1) is 42.7 Å². The van der Waals surface area contributed by atoms with E-state index in [-0.39, 0.29) is 40.9 Å². The van der Waals surface area contributed by atoms with Gasteiger partial charge in [-0.05, 0) is 62.2 Å². The number of halogens is 2. The third kappa shape index (κ3) is 6.07. The highest BCUT2D eigenvalue weighted by Crippen LogP contribution is 2.49. The molecule has 4 aliphatic rings. The second kappa shape index (κ2) is 13.8. The highest BCUT2D eigenvalue weighted by molar-refractivity contribution is 7.93. The Hall–Kier alpha value is -4.69. The fourth-order valence-electron chi connectivity index (χ4n) is 7.51. The number of likely N-dealkylation sites (tertiary alicyclic amines) is 2. The van der Waals surface area contributed by atoms with Crippen LogP contribution in [0.1, 0.15) is 36.5 Å². The molecule has 3 saturated heterocycles. The number of nitrogens with zero attached hydrogens (tertiary/aromatic N) is 6. The largest absolute Gasteiger partial charge is 0.478 e. The van der Waals surface area contributed by atoms with E-state index < -0.39 is 44.0 Å². The van der Waals surface area contributed by atoms with Gasteiger partial charge in [0.25, 0.3) is 15.9 Å². The highest BCUT2D eigenvalue weighted by Gasteiger charge is 2.59. The van der Waals surface area contributed by atoms with E-state index in [1.165, 1.54) is 41.4 Å². The summed E-state index contributed by atoms with van der Waals surface area (Å²) in [7, 11) is -5.04. The third-order valence-electron chi connectivity index (χ3n) is 10.1. The van der Waals surface area contributed by atoms with Gasteiger partial charge in [-0.25, -0.2) is 27.0 Å². The highest BCUT2D eigenvalue weighted by atomic mass is 32.2. The van der Waals surface area contributed by atoms with Crippen LogP contribution in [-0.2, 0) is 25.1 Å². The molecule has 4 aliphatic heterocycles. The average Bonchev–Trinajstić information content (AvgIpc) is 3.36. The lowest BCUT2D eigenvalue weighted by molar-refractivity contribution is -0.121. The zero-order valence-corrected chi connectivity index (χ0v) is 28.7. The van der Waals surface area contributed by atoms with Crippen molar-refractivity contribution in [2.45, 2.75) is 42.3 Å². The average molecular weight is 722 g/mol. The van der Waals surface area contributed by atoms with Crippen molar-refractivity contribution < 1.29 is 36.3 Å². The molecule has 13 nitrogen and oxygen atoms in total. The summed E-state index contributed by atoms with van der Waals surface area (Å²) in [5.41, 5.74) is -2.47. The van der Waals surface area contributed by atoms with Gasteiger partial charge >= 0.3 is 6.03 Å². The van der Waals surface area contributed by atoms with Crippen molar-refractivity contribution in [3.63, 3.8) is 0 Å². The number of fused-ring (bicyclic) bond motifs is 1. The quantitative estimate of drug-likeness (QED) is 0.368. The summed E-state index contributed by atoms with van der Waals surface area (Å²) < 4.78 is 68.9. The fraction of sp³-hybridized carbons (Fsp3) is 0.429. The molecule has 0 aliphatic carbocycles. The minimum absolute atomic E-state index is 0.0149. The summed E-state index contributed by atoms with van der Waals surface area (Å²) in [5, 5.41) is 12.7. The van der Waals surface area contributed by atoms with Crippen LogP contribution in [0.2, 0.25) is 0 Å². The van der Waals surface area contributed by atoms with Crippen LogP contribution in [0.4, 0.5) is 19.3 Å². The maximum atomic E-state index is 15.1. The zero-order chi connectivity index (χ0) is 35.9. The van der Waals surface area contributed by atoms with Crippen LogP contribution in [0.25, 0.3) is 0 Å². The molecule has 16 heteroatoms. The van der Waals surface area contributed by atoms with Crippen molar-refractivity contribution in [1.82, 2.24) is 25.0 Å². The van der Waals surface area contributed by atoms with Crippen molar-refractivity contribution in [1.29, 1.82) is 5.26 Å². The predicted octanol–water partition coefficient (Wildman–Crippen LogP) is 2.80. The Labute approximate surface area is 294 Å². The van der Waals surface area contributed by atoms with E-state index in [2.05, 4.69) is 20.1 Å². The van der Waals surface area contributed by atoms with E-state index in [0.717, 1.165) is 64.4 Å². The first-order valence-electron chi connectivity index (χ1n) is 16.9. The number of rotatable bonds is 8. The second-order valence-corrected chi connectivity index (χ2v) is 14.7. The SMILES string of the molecule is CCOc1ncccc1C1(NC(=O)N2CC(N3CCC(N4CCOCC4)CC3)C2)C(=O)N(S(=O)(=O)c2ccc(F)cc2F)c2ccc(C#N)cc21. The normalized spacial score (nSPS) is 22.0. The zero-order valence-electron chi connectivity index (χ0n) is 27.9. The number of urea groups is 1. The molecule has 3 aromatic rings. The molecule has 7 rings (SSSR count). The molecule has 3 amide bonds. The van der Waals surface area contributed by atoms with Gasteiger partial charge in [0, 0.05) is 69.2 Å². The van der Waals surface area contributed by atoms with E-state index in [0.29, 0.717) is 29.5 Å². The molecule has 5 heterocycles. The molecule has 51 heavy (non-hydrogen) atoms. The maximum absolute atomic E-state index is 15.1. The smallest absolute Gasteiger partial charge is 0.318 e. The minimum Gasteiger partial charge on any atom is -0.478 e. The Kier molecular flexibility index (Phi) is 9.40. The molecule has 0 saturated carbocycles. The van der Waals surface area contributed by atoms with Gasteiger partial charge in [0.15, 0.2) is 5.54 Å². The topological polar surface area (TPSA) is 148 Å². The number of carbonyl (C=O) groups is 2. The van der Waals surface area contributed by atoms with Crippen molar-refractivity contribution in [2.75, 3.05) is 63.4 Å². The summed E-state index contributed by atoms with van der Waals surface area (Å²) in [5.74, 6) is -3.65. The number of hydrogen-bond acceptors (Lipinski definition) is 10. The molecular weight excluding hydrogens is 684 g/mol. The minimum atomic E-state index is -5.04. The molecular formula is C35H37F2N7O6S. The van der Waals surface area contributed by atoms with Crippen molar-refractivity contribution in [3.05, 3.63) is 83.1 Å². The molecule has 268 valence electrons. The number of pyridine rings is 1. The van der Waals surface area contributed by atoms with Gasteiger partial charge < -0.3 is 19.7 Å². The van der Waals surface area contributed by atoms with Crippen LogP contribution in [0.3, 0.4) is 0 Å². The molecule has 1 aromatic heterocycles. The number of nitriles is 1. The maximum Gasteiger partial charge on any atom is 0.318 e. The first kappa shape index (κ1) is 34.7. The number of carbonyl (C=O) groups excluding carboxylic acids is 2. The molecule has 0 radical (unpaired) electrons. The van der Waals surface area contributed by atoms with Gasteiger partial charge in [-0.2, -0.15) is 9.57 Å². The van der Waals surface area contributed by atoms with Crippen LogP contribution < -0.4 is 14.4 Å². The van der Waals surface area contributed by atoms with Crippen LogP contribution in [0.5, 0.6) is 5.88 Å². The lowest BCUT2D eigenvalue weighted by atomic mass is 9.83. The van der Waals surface area contributed by atoms with Gasteiger partial charge in [-0.15, -0.1) is 0 Å². The van der Waals surface area contributed by atoms with Crippen molar-refractivity contribution in [2.24, 2.45) is 0 Å². The summed E-state index contributed by atoms with van der Waals surface area (Å²) in [4.78, 5) is 38.8. The number of piperidine rings is 1. The molecule has 1 N–H and O–H groups in total. The van der Waals surface area contributed by atoms with E-state index in [1.54, 1.807) is 6.92 Å². The van der Waals surface area contributed by atoms with Gasteiger partial charge in [-0.1, -0.05) is 0 Å². The van der Waals surface area contributed by atoms with Crippen LogP contribution in [0.15, 0.2) is 59.6 Å². The van der Waals surface area contributed by atoms with Gasteiger partial charge in [0.1, 0.15) is 16.5 Å². The van der Waals surface area contributed by atoms with E-state index >= 15 is 4.39 Å². The first-order chi connectivity index (χ1) is 24.6. The van der Waals surface area contributed by atoms with E-state index in [9.17, 15) is 27.7 Å². The predicted molar refractivity (Wildman–Crippen MR) is 179 cm³/mol. The van der Waals surface area contributed by atoms with Gasteiger partial charge in [-0.3, -0.25) is 14.6 Å².